The van der Waals surface area contributed by atoms with E-state index in [1.807, 2.05) is 13.8 Å². The highest BCUT2D eigenvalue weighted by molar-refractivity contribution is 6.09. The van der Waals surface area contributed by atoms with Crippen LogP contribution in [0.15, 0.2) is 36.4 Å². The van der Waals surface area contributed by atoms with Crippen LogP contribution < -0.4 is 9.47 Å². The number of alkyl halides is 3. The second-order valence-electron chi connectivity index (χ2n) is 9.77. The molecule has 0 radical (unpaired) electrons. The van der Waals surface area contributed by atoms with Crippen molar-refractivity contribution in [1.82, 2.24) is 0 Å². The Morgan fingerprint density at radius 2 is 1.81 bits per heavy atom. The lowest BCUT2D eigenvalue weighted by Gasteiger charge is -2.49. The zero-order valence-corrected chi connectivity index (χ0v) is 20.8. The average molecular weight is 509 g/mol. The number of carbonyl (C=O) groups is 1. The third kappa shape index (κ3) is 5.38. The van der Waals surface area contributed by atoms with Gasteiger partial charge in [-0.1, -0.05) is 12.1 Å². The first-order chi connectivity index (χ1) is 17.0. The van der Waals surface area contributed by atoms with Crippen LogP contribution in [0.1, 0.15) is 66.1 Å². The molecule has 1 aliphatic heterocycles. The van der Waals surface area contributed by atoms with Crippen molar-refractivity contribution in [3.63, 3.8) is 0 Å². The molecule has 0 N–H and O–H groups in total. The molecule has 0 saturated heterocycles. The zero-order chi connectivity index (χ0) is 26.1. The van der Waals surface area contributed by atoms with E-state index in [2.05, 4.69) is 0 Å². The van der Waals surface area contributed by atoms with Gasteiger partial charge >= 0.3 is 6.18 Å². The van der Waals surface area contributed by atoms with E-state index in [0.717, 1.165) is 37.0 Å². The maximum absolute atomic E-state index is 13.3. The number of benzene rings is 2. The standard InChI is InChI=1S/C27H31F3O6/c1-26(2)21-9-8-19(34-14-32-3)13-20(21)24-22(35-15-33-4)11-17(12-23(24)36-26)25(31)16-6-5-7-18(10-16)27(28,29)30/h5-7,10-12,19-21H,8-9,13-15H2,1-4H3/t19-,20-,21-/m1/s1. The Labute approximate surface area is 208 Å². The lowest BCUT2D eigenvalue weighted by Crippen LogP contribution is -2.48. The first kappa shape index (κ1) is 26.4. The minimum Gasteiger partial charge on any atom is -0.487 e. The molecule has 1 aliphatic carbocycles. The molecule has 2 aromatic rings. The molecular weight excluding hydrogens is 477 g/mol. The second kappa shape index (κ2) is 10.4. The van der Waals surface area contributed by atoms with E-state index in [1.54, 1.807) is 19.2 Å². The van der Waals surface area contributed by atoms with Crippen LogP contribution in [-0.2, 0) is 20.4 Å². The smallest absolute Gasteiger partial charge is 0.416 e. The van der Waals surface area contributed by atoms with E-state index < -0.39 is 23.1 Å². The molecule has 0 unspecified atom stereocenters. The fraction of sp³-hybridized carbons (Fsp3) is 0.519. The molecule has 9 heteroatoms. The van der Waals surface area contributed by atoms with Crippen LogP contribution in [-0.4, -0.2) is 45.3 Å². The summed E-state index contributed by atoms with van der Waals surface area (Å²) in [6.07, 6.45) is -2.09. The Bertz CT molecular complexity index is 1100. The Kier molecular flexibility index (Phi) is 7.64. The average Bonchev–Trinajstić information content (AvgIpc) is 2.84. The predicted molar refractivity (Wildman–Crippen MR) is 125 cm³/mol. The molecule has 0 aromatic heterocycles. The van der Waals surface area contributed by atoms with Gasteiger partial charge in [0, 0.05) is 42.7 Å². The first-order valence-electron chi connectivity index (χ1n) is 11.9. The summed E-state index contributed by atoms with van der Waals surface area (Å²) < 4.78 is 68.1. The van der Waals surface area contributed by atoms with Crippen molar-refractivity contribution >= 4 is 5.78 Å². The molecule has 0 amide bonds. The van der Waals surface area contributed by atoms with E-state index in [0.29, 0.717) is 11.5 Å². The van der Waals surface area contributed by atoms with Gasteiger partial charge in [0.2, 0.25) is 0 Å². The Morgan fingerprint density at radius 1 is 1.06 bits per heavy atom. The summed E-state index contributed by atoms with van der Waals surface area (Å²) in [7, 11) is 3.07. The molecule has 3 atom stereocenters. The number of ether oxygens (including phenoxy) is 5. The van der Waals surface area contributed by atoms with E-state index in [4.69, 9.17) is 23.7 Å². The van der Waals surface area contributed by atoms with Crippen molar-refractivity contribution in [2.75, 3.05) is 27.8 Å². The van der Waals surface area contributed by atoms with E-state index >= 15 is 0 Å². The summed E-state index contributed by atoms with van der Waals surface area (Å²) in [5, 5.41) is 0. The molecule has 4 rings (SSSR count). The van der Waals surface area contributed by atoms with Crippen LogP contribution in [0.2, 0.25) is 0 Å². The highest BCUT2D eigenvalue weighted by Gasteiger charge is 2.48. The third-order valence-corrected chi connectivity index (χ3v) is 7.01. The maximum atomic E-state index is 13.3. The zero-order valence-electron chi connectivity index (χ0n) is 20.8. The number of fused-ring (bicyclic) bond motifs is 3. The highest BCUT2D eigenvalue weighted by Crippen LogP contribution is 2.55. The van der Waals surface area contributed by atoms with Gasteiger partial charge in [0.1, 0.15) is 23.9 Å². The molecule has 0 spiro atoms. The van der Waals surface area contributed by atoms with Gasteiger partial charge in [0.15, 0.2) is 12.6 Å². The van der Waals surface area contributed by atoms with Gasteiger partial charge in [-0.2, -0.15) is 13.2 Å². The Hall–Kier alpha value is -2.62. The van der Waals surface area contributed by atoms with E-state index in [-0.39, 0.29) is 42.7 Å². The quantitative estimate of drug-likeness (QED) is 0.324. The summed E-state index contributed by atoms with van der Waals surface area (Å²) in [6.45, 7) is 4.17. The summed E-state index contributed by atoms with van der Waals surface area (Å²) in [6, 6.07) is 7.56. The Balaban J connectivity index is 1.76. The molecule has 36 heavy (non-hydrogen) atoms. The minimum absolute atomic E-state index is 0.00496. The molecular formula is C27H31F3O6. The molecule has 6 nitrogen and oxygen atoms in total. The van der Waals surface area contributed by atoms with Gasteiger partial charge in [0.05, 0.1) is 11.7 Å². The number of carbonyl (C=O) groups excluding carboxylic acids is 1. The number of hydrogen-bond donors (Lipinski definition) is 0. The molecule has 2 aliphatic rings. The van der Waals surface area contributed by atoms with Crippen molar-refractivity contribution < 1.29 is 41.7 Å². The van der Waals surface area contributed by atoms with Gasteiger partial charge in [-0.05, 0) is 57.4 Å². The maximum Gasteiger partial charge on any atom is 0.416 e. The van der Waals surface area contributed by atoms with Crippen LogP contribution in [0.3, 0.4) is 0 Å². The van der Waals surface area contributed by atoms with Crippen LogP contribution in [0.4, 0.5) is 13.2 Å². The number of hydrogen-bond acceptors (Lipinski definition) is 6. The topological polar surface area (TPSA) is 63.2 Å². The van der Waals surface area contributed by atoms with Crippen LogP contribution >= 0.6 is 0 Å². The van der Waals surface area contributed by atoms with Crippen LogP contribution in [0.5, 0.6) is 11.5 Å². The number of halogens is 3. The van der Waals surface area contributed by atoms with Gasteiger partial charge in [-0.25, -0.2) is 0 Å². The van der Waals surface area contributed by atoms with Gasteiger partial charge in [0.25, 0.3) is 0 Å². The number of methoxy groups -OCH3 is 2. The van der Waals surface area contributed by atoms with Crippen LogP contribution in [0, 0.1) is 5.92 Å². The van der Waals surface area contributed by atoms with Crippen molar-refractivity contribution in [1.29, 1.82) is 0 Å². The normalized spacial score (nSPS) is 22.8. The van der Waals surface area contributed by atoms with Crippen molar-refractivity contribution in [3.8, 4) is 11.5 Å². The summed E-state index contributed by atoms with van der Waals surface area (Å²) in [5.41, 5.74) is -0.479. The first-order valence-corrected chi connectivity index (χ1v) is 11.9. The number of rotatable bonds is 8. The lowest BCUT2D eigenvalue weighted by molar-refractivity contribution is -0.137. The van der Waals surface area contributed by atoms with Crippen LogP contribution in [0.25, 0.3) is 0 Å². The number of ketones is 1. The summed E-state index contributed by atoms with van der Waals surface area (Å²) in [5.74, 6) is 0.561. The third-order valence-electron chi connectivity index (χ3n) is 7.01. The molecule has 1 heterocycles. The molecule has 2 aromatic carbocycles. The summed E-state index contributed by atoms with van der Waals surface area (Å²) in [4.78, 5) is 13.3. The molecule has 1 saturated carbocycles. The van der Waals surface area contributed by atoms with Gasteiger partial charge in [-0.3, -0.25) is 4.79 Å². The largest absolute Gasteiger partial charge is 0.487 e. The molecule has 196 valence electrons. The lowest BCUT2D eigenvalue weighted by atomic mass is 9.65. The fourth-order valence-electron chi connectivity index (χ4n) is 5.39. The molecule has 0 bridgehead atoms. The van der Waals surface area contributed by atoms with Gasteiger partial charge < -0.3 is 23.7 Å². The monoisotopic (exact) mass is 508 g/mol. The van der Waals surface area contributed by atoms with Crippen molar-refractivity contribution in [2.45, 2.75) is 56.9 Å². The summed E-state index contributed by atoms with van der Waals surface area (Å²) >= 11 is 0. The molecule has 1 fully saturated rings. The minimum atomic E-state index is -4.55. The van der Waals surface area contributed by atoms with Crippen molar-refractivity contribution in [2.24, 2.45) is 5.92 Å². The van der Waals surface area contributed by atoms with Gasteiger partial charge in [-0.15, -0.1) is 0 Å². The second-order valence-corrected chi connectivity index (χ2v) is 9.77. The predicted octanol–water partition coefficient (Wildman–Crippen LogP) is 5.96. The SMILES string of the molecule is COCOc1cc(C(=O)c2cccc(C(F)(F)F)c2)cc2c1[C@@H]1C[C@H](OCOC)CC[C@H]1C(C)(C)O2. The van der Waals surface area contributed by atoms with E-state index in [1.165, 1.54) is 19.2 Å². The van der Waals surface area contributed by atoms with Crippen molar-refractivity contribution in [3.05, 3.63) is 58.7 Å². The highest BCUT2D eigenvalue weighted by atomic mass is 19.4. The Morgan fingerprint density at radius 3 is 2.50 bits per heavy atom. The van der Waals surface area contributed by atoms with E-state index in [9.17, 15) is 18.0 Å². The fourth-order valence-corrected chi connectivity index (χ4v) is 5.39.